The average molecular weight is 376 g/mol. The van der Waals surface area contributed by atoms with Gasteiger partial charge in [0.1, 0.15) is 5.82 Å². The molecule has 0 fully saturated rings. The first kappa shape index (κ1) is 19.9. The summed E-state index contributed by atoms with van der Waals surface area (Å²) in [6.07, 6.45) is 2.96. The molecule has 1 heterocycles. The number of fused-ring (bicyclic) bond motifs is 1. The summed E-state index contributed by atoms with van der Waals surface area (Å²) in [5.41, 5.74) is 8.92. The Hall–Kier alpha value is -2.88. The van der Waals surface area contributed by atoms with Gasteiger partial charge >= 0.3 is 0 Å². The fourth-order valence-corrected chi connectivity index (χ4v) is 3.72. The van der Waals surface area contributed by atoms with Gasteiger partial charge < -0.3 is 9.88 Å². The first-order valence-electron chi connectivity index (χ1n) is 9.83. The average Bonchev–Trinajstić information content (AvgIpc) is 3.04. The molecule has 4 heteroatoms. The molecule has 0 aliphatic rings. The molecule has 0 aliphatic heterocycles. The Morgan fingerprint density at radius 3 is 2.50 bits per heavy atom. The van der Waals surface area contributed by atoms with Crippen LogP contribution in [0.5, 0.6) is 0 Å². The maximum atomic E-state index is 11.4. The number of hydrogen-bond acceptors (Lipinski definition) is 2. The molecule has 0 atom stereocenters. The highest BCUT2D eigenvalue weighted by Crippen LogP contribution is 2.25. The molecule has 146 valence electrons. The Balaban J connectivity index is 1.94. The Morgan fingerprint density at radius 2 is 1.82 bits per heavy atom. The number of hydrogen-bond donors (Lipinski definition) is 1. The highest BCUT2D eigenvalue weighted by molar-refractivity contribution is 5.86. The second-order valence-electron chi connectivity index (χ2n) is 7.44. The summed E-state index contributed by atoms with van der Waals surface area (Å²) >= 11 is 0. The van der Waals surface area contributed by atoms with E-state index in [2.05, 4.69) is 68.4 Å². The van der Waals surface area contributed by atoms with Crippen molar-refractivity contribution in [1.82, 2.24) is 14.9 Å². The summed E-state index contributed by atoms with van der Waals surface area (Å²) in [5, 5.41) is 2.84. The lowest BCUT2D eigenvalue weighted by Gasteiger charge is -2.18. The molecule has 0 radical (unpaired) electrons. The van der Waals surface area contributed by atoms with E-state index in [1.54, 1.807) is 0 Å². The molecule has 4 nitrogen and oxygen atoms in total. The molecule has 28 heavy (non-hydrogen) atoms. The maximum Gasteiger partial charge on any atom is 0.243 e. The van der Waals surface area contributed by atoms with Crippen LogP contribution in [0.3, 0.4) is 0 Å². The molecular formula is C24H29N3O. The summed E-state index contributed by atoms with van der Waals surface area (Å²) in [5.74, 6) is 0.932. The molecule has 1 N–H and O–H groups in total. The number of rotatable bonds is 7. The number of benzene rings is 2. The van der Waals surface area contributed by atoms with Crippen molar-refractivity contribution < 1.29 is 4.79 Å². The maximum absolute atomic E-state index is 11.4. The lowest BCUT2D eigenvalue weighted by Crippen LogP contribution is -2.22. The van der Waals surface area contributed by atoms with Crippen molar-refractivity contribution >= 4 is 16.9 Å². The number of carbonyl (C=O) groups is 1. The minimum absolute atomic E-state index is 0.130. The smallest absolute Gasteiger partial charge is 0.243 e. The minimum Gasteiger partial charge on any atom is -0.353 e. The van der Waals surface area contributed by atoms with E-state index in [1.807, 2.05) is 6.07 Å². The second kappa shape index (κ2) is 8.42. The fraction of sp³-hybridized carbons (Fsp3) is 0.333. The van der Waals surface area contributed by atoms with Gasteiger partial charge in [-0.15, -0.1) is 0 Å². The van der Waals surface area contributed by atoms with Crippen LogP contribution in [0.15, 0.2) is 43.0 Å². The van der Waals surface area contributed by atoms with Crippen molar-refractivity contribution in [3.8, 4) is 0 Å². The van der Waals surface area contributed by atoms with Crippen LogP contribution >= 0.6 is 0 Å². The van der Waals surface area contributed by atoms with E-state index < -0.39 is 0 Å². The monoisotopic (exact) mass is 375 g/mol. The molecule has 0 unspecified atom stereocenters. The second-order valence-corrected chi connectivity index (χ2v) is 7.44. The number of nitrogens with zero attached hydrogens (tertiary/aromatic N) is 2. The molecule has 0 aliphatic carbocycles. The zero-order valence-corrected chi connectivity index (χ0v) is 17.3. The summed E-state index contributed by atoms with van der Waals surface area (Å²) in [6.45, 7) is 13.7. The minimum atomic E-state index is -0.130. The highest BCUT2D eigenvalue weighted by Gasteiger charge is 2.15. The molecule has 0 saturated heterocycles. The number of carbonyl (C=O) groups excluding carboxylic acids is 1. The van der Waals surface area contributed by atoms with Gasteiger partial charge in [0.15, 0.2) is 0 Å². The third-order valence-corrected chi connectivity index (χ3v) is 5.63. The predicted octanol–water partition coefficient (Wildman–Crippen LogP) is 4.55. The molecular weight excluding hydrogens is 346 g/mol. The normalized spacial score (nSPS) is 11.0. The van der Waals surface area contributed by atoms with Gasteiger partial charge in [-0.25, -0.2) is 4.98 Å². The number of aromatic nitrogens is 2. The first-order valence-corrected chi connectivity index (χ1v) is 9.83. The topological polar surface area (TPSA) is 46.9 Å². The molecule has 0 spiro atoms. The van der Waals surface area contributed by atoms with Gasteiger partial charge in [-0.1, -0.05) is 24.8 Å². The van der Waals surface area contributed by atoms with Crippen molar-refractivity contribution in [2.45, 2.75) is 47.1 Å². The van der Waals surface area contributed by atoms with E-state index in [0.717, 1.165) is 36.2 Å². The summed E-state index contributed by atoms with van der Waals surface area (Å²) in [7, 11) is 0. The first-order chi connectivity index (χ1) is 13.4. The number of para-hydroxylation sites is 2. The lowest BCUT2D eigenvalue weighted by atomic mass is 9.94. The van der Waals surface area contributed by atoms with E-state index in [9.17, 15) is 4.79 Å². The van der Waals surface area contributed by atoms with Crippen molar-refractivity contribution in [2.75, 3.05) is 6.54 Å². The SMILES string of the molecule is C=CC(=O)NCCCc1nc2ccccc2n1Cc1c(C)c(C)cc(C)c1C. The number of nitrogens with one attached hydrogen (secondary N) is 1. The summed E-state index contributed by atoms with van der Waals surface area (Å²) in [4.78, 5) is 16.2. The molecule has 2 aromatic carbocycles. The van der Waals surface area contributed by atoms with Crippen molar-refractivity contribution in [2.24, 2.45) is 0 Å². The van der Waals surface area contributed by atoms with Gasteiger partial charge in [0.05, 0.1) is 11.0 Å². The van der Waals surface area contributed by atoms with Crippen LogP contribution in [0.4, 0.5) is 0 Å². The van der Waals surface area contributed by atoms with Crippen molar-refractivity contribution in [1.29, 1.82) is 0 Å². The molecule has 3 rings (SSSR count). The highest BCUT2D eigenvalue weighted by atomic mass is 16.1. The van der Waals surface area contributed by atoms with Gasteiger partial charge in [-0.2, -0.15) is 0 Å². The van der Waals surface area contributed by atoms with Crippen LogP contribution in [-0.2, 0) is 17.8 Å². The summed E-state index contributed by atoms with van der Waals surface area (Å²) in [6, 6.07) is 10.6. The Labute approximate surface area is 167 Å². The van der Waals surface area contributed by atoms with E-state index in [0.29, 0.717) is 6.54 Å². The zero-order chi connectivity index (χ0) is 20.3. The van der Waals surface area contributed by atoms with E-state index in [-0.39, 0.29) is 5.91 Å². The molecule has 1 amide bonds. The van der Waals surface area contributed by atoms with Crippen LogP contribution in [0.1, 0.15) is 40.1 Å². The fourth-order valence-electron chi connectivity index (χ4n) is 3.72. The number of amides is 1. The molecule has 0 saturated carbocycles. The van der Waals surface area contributed by atoms with Gasteiger partial charge in [-0.3, -0.25) is 4.79 Å². The van der Waals surface area contributed by atoms with Gasteiger partial charge in [0, 0.05) is 19.5 Å². The van der Waals surface area contributed by atoms with E-state index in [1.165, 1.54) is 33.9 Å². The Morgan fingerprint density at radius 1 is 1.14 bits per heavy atom. The van der Waals surface area contributed by atoms with Crippen LogP contribution < -0.4 is 5.32 Å². The molecule has 3 aromatic rings. The van der Waals surface area contributed by atoms with Gasteiger partial charge in [0.25, 0.3) is 0 Å². The third-order valence-electron chi connectivity index (χ3n) is 5.63. The van der Waals surface area contributed by atoms with Crippen molar-refractivity contribution in [3.63, 3.8) is 0 Å². The predicted molar refractivity (Wildman–Crippen MR) is 116 cm³/mol. The largest absolute Gasteiger partial charge is 0.353 e. The van der Waals surface area contributed by atoms with Crippen molar-refractivity contribution in [3.05, 3.63) is 76.6 Å². The quantitative estimate of drug-likeness (QED) is 0.486. The van der Waals surface area contributed by atoms with Crippen LogP contribution in [0.25, 0.3) is 11.0 Å². The molecule has 0 bridgehead atoms. The molecule has 1 aromatic heterocycles. The summed E-state index contributed by atoms with van der Waals surface area (Å²) < 4.78 is 2.33. The van der Waals surface area contributed by atoms with Crippen LogP contribution in [0, 0.1) is 27.7 Å². The van der Waals surface area contributed by atoms with Crippen LogP contribution in [-0.4, -0.2) is 22.0 Å². The number of aryl methyl sites for hydroxylation is 3. The lowest BCUT2D eigenvalue weighted by molar-refractivity contribution is -0.116. The van der Waals surface area contributed by atoms with Gasteiger partial charge in [-0.05, 0) is 80.1 Å². The van der Waals surface area contributed by atoms with E-state index >= 15 is 0 Å². The van der Waals surface area contributed by atoms with E-state index in [4.69, 9.17) is 4.98 Å². The van der Waals surface area contributed by atoms with Gasteiger partial charge in [0.2, 0.25) is 5.91 Å². The Bertz CT molecular complexity index is 1000. The van der Waals surface area contributed by atoms with Crippen LogP contribution in [0.2, 0.25) is 0 Å². The number of imidazole rings is 1. The zero-order valence-electron chi connectivity index (χ0n) is 17.3. The third kappa shape index (κ3) is 4.01. The Kier molecular flexibility index (Phi) is 5.98. The standard InChI is InChI=1S/C24H29N3O/c1-6-24(28)25-13-9-12-23-26-21-10-7-8-11-22(21)27(23)15-20-18(4)16(2)14-17(3)19(20)5/h6-8,10-11,14H,1,9,12-13,15H2,2-5H3,(H,25,28).